The van der Waals surface area contributed by atoms with Crippen LogP contribution in [0, 0.1) is 5.41 Å². The number of amides is 1. The molecule has 0 unspecified atom stereocenters. The van der Waals surface area contributed by atoms with E-state index in [9.17, 15) is 4.79 Å². The molecule has 0 radical (unpaired) electrons. The van der Waals surface area contributed by atoms with Gasteiger partial charge in [0.1, 0.15) is 5.65 Å². The van der Waals surface area contributed by atoms with Crippen LogP contribution in [0.4, 0.5) is 0 Å². The Balaban J connectivity index is 2.27. The van der Waals surface area contributed by atoms with Crippen molar-refractivity contribution in [3.8, 4) is 0 Å². The number of pyridine rings is 1. The third-order valence-corrected chi connectivity index (χ3v) is 3.21. The molecule has 0 saturated heterocycles. The molecule has 2 heterocycles. The number of nitrogens with two attached hydrogens (primary N) is 1. The number of nitrogens with zero attached hydrogens (tertiary/aromatic N) is 1. The van der Waals surface area contributed by atoms with E-state index in [1.54, 1.807) is 6.08 Å². The summed E-state index contributed by atoms with van der Waals surface area (Å²) in [6.07, 6.45) is 8.94. The van der Waals surface area contributed by atoms with Crippen molar-refractivity contribution in [2.75, 3.05) is 0 Å². The molecule has 0 bridgehead atoms. The van der Waals surface area contributed by atoms with Crippen molar-refractivity contribution in [2.45, 2.75) is 33.6 Å². The number of aryl methyl sites for hydroxylation is 1. The normalized spacial score (nSPS) is 12.3. The summed E-state index contributed by atoms with van der Waals surface area (Å²) < 4.78 is 0. The predicted octanol–water partition coefficient (Wildman–Crippen LogP) is 3.04. The van der Waals surface area contributed by atoms with Crippen molar-refractivity contribution in [1.29, 1.82) is 0 Å². The Bertz CT molecular complexity index is 647. The molecule has 3 N–H and O–H groups in total. The number of primary amides is 1. The minimum atomic E-state index is -0.448. The minimum absolute atomic E-state index is 0.307. The topological polar surface area (TPSA) is 71.8 Å². The maximum absolute atomic E-state index is 10.8. The second-order valence-corrected chi connectivity index (χ2v) is 6.28. The van der Waals surface area contributed by atoms with Crippen molar-refractivity contribution in [3.05, 3.63) is 35.7 Å². The third-order valence-electron chi connectivity index (χ3n) is 3.21. The first kappa shape index (κ1) is 14.3. The van der Waals surface area contributed by atoms with Crippen LogP contribution < -0.4 is 5.73 Å². The van der Waals surface area contributed by atoms with Crippen LogP contribution in [0.15, 0.2) is 24.5 Å². The number of aromatic amines is 1. The molecule has 0 aromatic carbocycles. The summed E-state index contributed by atoms with van der Waals surface area (Å²) in [5, 5.41) is 1.02. The van der Waals surface area contributed by atoms with Crippen LogP contribution in [-0.2, 0) is 11.2 Å². The molecule has 0 aliphatic carbocycles. The Morgan fingerprint density at radius 1 is 1.45 bits per heavy atom. The first-order chi connectivity index (χ1) is 9.35. The molecule has 20 heavy (non-hydrogen) atoms. The lowest BCUT2D eigenvalue weighted by Crippen LogP contribution is -2.06. The van der Waals surface area contributed by atoms with Crippen molar-refractivity contribution in [2.24, 2.45) is 11.1 Å². The second kappa shape index (κ2) is 5.49. The number of hydrogen-bond acceptors (Lipinski definition) is 2. The zero-order valence-electron chi connectivity index (χ0n) is 12.2. The second-order valence-electron chi connectivity index (χ2n) is 6.28. The van der Waals surface area contributed by atoms with Crippen molar-refractivity contribution in [3.63, 3.8) is 0 Å². The Hall–Kier alpha value is -2.10. The Morgan fingerprint density at radius 2 is 2.20 bits per heavy atom. The van der Waals surface area contributed by atoms with Crippen LogP contribution >= 0.6 is 0 Å². The summed E-state index contributed by atoms with van der Waals surface area (Å²) in [6, 6.07) is 2.13. The number of aromatic nitrogens is 2. The van der Waals surface area contributed by atoms with Crippen LogP contribution in [-0.4, -0.2) is 15.9 Å². The molecule has 1 amide bonds. The van der Waals surface area contributed by atoms with Gasteiger partial charge >= 0.3 is 0 Å². The van der Waals surface area contributed by atoms with Crippen LogP contribution in [0.25, 0.3) is 17.1 Å². The fourth-order valence-corrected chi connectivity index (χ4v) is 2.03. The van der Waals surface area contributed by atoms with E-state index in [0.717, 1.165) is 29.4 Å². The quantitative estimate of drug-likeness (QED) is 0.839. The van der Waals surface area contributed by atoms with E-state index in [0.29, 0.717) is 5.41 Å². The largest absolute Gasteiger partial charge is 0.366 e. The van der Waals surface area contributed by atoms with E-state index in [-0.39, 0.29) is 0 Å². The number of nitrogens with one attached hydrogen (secondary N) is 1. The maximum Gasteiger partial charge on any atom is 0.241 e. The van der Waals surface area contributed by atoms with Crippen LogP contribution in [0.2, 0.25) is 0 Å². The van der Waals surface area contributed by atoms with Gasteiger partial charge in [-0.3, -0.25) is 4.79 Å². The highest BCUT2D eigenvalue weighted by molar-refractivity contribution is 5.94. The SMILES string of the molecule is CC(C)(C)CCc1cnc2[nH]cc(/C=C/C(N)=O)c2c1. The summed E-state index contributed by atoms with van der Waals surface area (Å²) >= 11 is 0. The van der Waals surface area contributed by atoms with Gasteiger partial charge in [-0.2, -0.15) is 0 Å². The number of H-pyrrole nitrogens is 1. The summed E-state index contributed by atoms with van der Waals surface area (Å²) in [6.45, 7) is 6.70. The van der Waals surface area contributed by atoms with Gasteiger partial charge in [0.2, 0.25) is 5.91 Å². The lowest BCUT2D eigenvalue weighted by molar-refractivity contribution is -0.113. The van der Waals surface area contributed by atoms with Gasteiger partial charge in [-0.05, 0) is 36.0 Å². The lowest BCUT2D eigenvalue weighted by Gasteiger charge is -2.17. The predicted molar refractivity (Wildman–Crippen MR) is 82.1 cm³/mol. The average Bonchev–Trinajstić information content (AvgIpc) is 2.75. The smallest absolute Gasteiger partial charge is 0.241 e. The molecule has 4 nitrogen and oxygen atoms in total. The summed E-state index contributed by atoms with van der Waals surface area (Å²) in [5.74, 6) is -0.448. The number of carbonyl (C=O) groups is 1. The molecule has 4 heteroatoms. The molecule has 0 fully saturated rings. The molecule has 2 rings (SSSR count). The summed E-state index contributed by atoms with van der Waals surface area (Å²) in [7, 11) is 0. The van der Waals surface area contributed by atoms with Gasteiger partial charge in [0.25, 0.3) is 0 Å². The van der Waals surface area contributed by atoms with Gasteiger partial charge in [-0.15, -0.1) is 0 Å². The van der Waals surface area contributed by atoms with E-state index in [4.69, 9.17) is 5.73 Å². The van der Waals surface area contributed by atoms with Crippen molar-refractivity contribution >= 4 is 23.0 Å². The van der Waals surface area contributed by atoms with Gasteiger partial charge in [0, 0.05) is 29.4 Å². The van der Waals surface area contributed by atoms with E-state index in [1.165, 1.54) is 11.6 Å². The van der Waals surface area contributed by atoms with E-state index in [2.05, 4.69) is 36.8 Å². The summed E-state index contributed by atoms with van der Waals surface area (Å²) in [4.78, 5) is 18.3. The first-order valence-corrected chi connectivity index (χ1v) is 6.79. The average molecular weight is 271 g/mol. The van der Waals surface area contributed by atoms with E-state index < -0.39 is 5.91 Å². The standard InChI is InChI=1S/C16H21N3O/c1-16(2,3)7-6-11-8-13-12(4-5-14(17)20)10-19-15(13)18-9-11/h4-5,8-10H,6-7H2,1-3H3,(H2,17,20)(H,18,19)/b5-4+. The molecule has 2 aromatic heterocycles. The molecule has 0 atom stereocenters. The van der Waals surface area contributed by atoms with Gasteiger partial charge in [-0.25, -0.2) is 4.98 Å². The highest BCUT2D eigenvalue weighted by Crippen LogP contribution is 2.24. The molecule has 2 aromatic rings. The first-order valence-electron chi connectivity index (χ1n) is 6.79. The molecule has 106 valence electrons. The highest BCUT2D eigenvalue weighted by Gasteiger charge is 2.11. The molecule has 0 saturated carbocycles. The molecule has 0 aliphatic rings. The fourth-order valence-electron chi connectivity index (χ4n) is 2.03. The Morgan fingerprint density at radius 3 is 2.85 bits per heavy atom. The van der Waals surface area contributed by atoms with Crippen molar-refractivity contribution in [1.82, 2.24) is 9.97 Å². The number of rotatable bonds is 4. The third kappa shape index (κ3) is 3.70. The van der Waals surface area contributed by atoms with Gasteiger partial charge < -0.3 is 10.7 Å². The van der Waals surface area contributed by atoms with Gasteiger partial charge in [0.05, 0.1) is 0 Å². The number of fused-ring (bicyclic) bond motifs is 1. The Labute approximate surface area is 119 Å². The minimum Gasteiger partial charge on any atom is -0.366 e. The van der Waals surface area contributed by atoms with Gasteiger partial charge in [0.15, 0.2) is 0 Å². The molecular weight excluding hydrogens is 250 g/mol. The highest BCUT2D eigenvalue weighted by atomic mass is 16.1. The van der Waals surface area contributed by atoms with Gasteiger partial charge in [-0.1, -0.05) is 20.8 Å². The van der Waals surface area contributed by atoms with Crippen molar-refractivity contribution < 1.29 is 4.79 Å². The molecule has 0 spiro atoms. The van der Waals surface area contributed by atoms with E-state index in [1.807, 2.05) is 12.4 Å². The summed E-state index contributed by atoms with van der Waals surface area (Å²) in [5.41, 5.74) is 8.40. The van der Waals surface area contributed by atoms with Crippen LogP contribution in [0.5, 0.6) is 0 Å². The lowest BCUT2D eigenvalue weighted by atomic mass is 9.89. The molecular formula is C16H21N3O. The molecule has 0 aliphatic heterocycles. The number of hydrogen-bond donors (Lipinski definition) is 2. The number of carbonyl (C=O) groups excluding carboxylic acids is 1. The monoisotopic (exact) mass is 271 g/mol. The van der Waals surface area contributed by atoms with Crippen LogP contribution in [0.1, 0.15) is 38.3 Å². The van der Waals surface area contributed by atoms with E-state index >= 15 is 0 Å². The Kier molecular flexibility index (Phi) is 3.93. The van der Waals surface area contributed by atoms with Crippen LogP contribution in [0.3, 0.4) is 0 Å². The fraction of sp³-hybridized carbons (Fsp3) is 0.375. The zero-order valence-corrected chi connectivity index (χ0v) is 12.2. The maximum atomic E-state index is 10.8. The zero-order chi connectivity index (χ0) is 14.8.